The molecule has 1 fully saturated rings. The standard InChI is InChI=1S/C25H31ClN2O2/c1-4-5-12-28-13-10-17(11-14-28)18-6-8-21-20(15-18)24(26)25(27-21)19-7-9-22(29-2)23(16-19)30-3/h6-9,15-17,27H,4-5,10-14H2,1-3H3. The number of hydrogen-bond donors (Lipinski definition) is 1. The first-order valence-corrected chi connectivity index (χ1v) is 11.3. The van der Waals surface area contributed by atoms with Gasteiger partial charge >= 0.3 is 0 Å². The molecule has 2 aromatic carbocycles. The van der Waals surface area contributed by atoms with E-state index < -0.39 is 0 Å². The SMILES string of the molecule is CCCCN1CCC(c2ccc3[nH]c(-c4ccc(OC)c(OC)c4)c(Cl)c3c2)CC1. The number of hydrogen-bond acceptors (Lipinski definition) is 3. The van der Waals surface area contributed by atoms with Crippen LogP contribution in [0.4, 0.5) is 0 Å². The molecule has 0 bridgehead atoms. The molecular weight excluding hydrogens is 396 g/mol. The van der Waals surface area contributed by atoms with Crippen LogP contribution in [0.2, 0.25) is 5.02 Å². The van der Waals surface area contributed by atoms with E-state index in [4.69, 9.17) is 21.1 Å². The zero-order valence-electron chi connectivity index (χ0n) is 18.1. The number of piperidine rings is 1. The van der Waals surface area contributed by atoms with Crippen molar-refractivity contribution in [3.05, 3.63) is 47.0 Å². The van der Waals surface area contributed by atoms with Gasteiger partial charge in [-0.05, 0) is 80.7 Å². The number of ether oxygens (including phenoxy) is 2. The second-order valence-corrected chi connectivity index (χ2v) is 8.54. The highest BCUT2D eigenvalue weighted by atomic mass is 35.5. The Morgan fingerprint density at radius 2 is 1.80 bits per heavy atom. The molecular formula is C25H31ClN2O2. The highest BCUT2D eigenvalue weighted by Gasteiger charge is 2.21. The van der Waals surface area contributed by atoms with Gasteiger partial charge in [-0.1, -0.05) is 31.0 Å². The van der Waals surface area contributed by atoms with Crippen LogP contribution in [0.15, 0.2) is 36.4 Å². The van der Waals surface area contributed by atoms with Crippen molar-refractivity contribution in [1.29, 1.82) is 0 Å². The second-order valence-electron chi connectivity index (χ2n) is 8.16. The molecule has 1 N–H and O–H groups in total. The van der Waals surface area contributed by atoms with E-state index in [2.05, 4.69) is 35.0 Å². The maximum Gasteiger partial charge on any atom is 0.161 e. The fourth-order valence-corrected chi connectivity index (χ4v) is 4.81. The van der Waals surface area contributed by atoms with Crippen molar-refractivity contribution in [1.82, 2.24) is 9.88 Å². The zero-order valence-corrected chi connectivity index (χ0v) is 18.9. The third-order valence-electron chi connectivity index (χ3n) is 6.32. The van der Waals surface area contributed by atoms with Gasteiger partial charge in [0.25, 0.3) is 0 Å². The summed E-state index contributed by atoms with van der Waals surface area (Å²) >= 11 is 6.84. The summed E-state index contributed by atoms with van der Waals surface area (Å²) in [6.07, 6.45) is 5.01. The molecule has 1 aromatic heterocycles. The Bertz CT molecular complexity index is 1010. The number of benzene rings is 2. The van der Waals surface area contributed by atoms with Crippen molar-refractivity contribution in [3.63, 3.8) is 0 Å². The fourth-order valence-electron chi connectivity index (χ4n) is 4.49. The summed E-state index contributed by atoms with van der Waals surface area (Å²) in [6, 6.07) is 12.6. The van der Waals surface area contributed by atoms with Crippen LogP contribution in [-0.4, -0.2) is 43.7 Å². The first-order chi connectivity index (χ1) is 14.6. The summed E-state index contributed by atoms with van der Waals surface area (Å²) in [6.45, 7) is 5.89. The third-order valence-corrected chi connectivity index (χ3v) is 6.71. The van der Waals surface area contributed by atoms with Crippen LogP contribution < -0.4 is 9.47 Å². The maximum absolute atomic E-state index is 6.84. The summed E-state index contributed by atoms with van der Waals surface area (Å²) in [5, 5.41) is 1.85. The molecule has 2 heterocycles. The van der Waals surface area contributed by atoms with Gasteiger partial charge in [-0.3, -0.25) is 0 Å². The van der Waals surface area contributed by atoms with Gasteiger partial charge in [-0.2, -0.15) is 0 Å². The van der Waals surface area contributed by atoms with Crippen LogP contribution >= 0.6 is 11.6 Å². The number of rotatable bonds is 7. The molecule has 30 heavy (non-hydrogen) atoms. The number of halogens is 1. The van der Waals surface area contributed by atoms with Crippen LogP contribution in [0, 0.1) is 0 Å². The van der Waals surface area contributed by atoms with Gasteiger partial charge in [0.1, 0.15) is 0 Å². The van der Waals surface area contributed by atoms with Crippen molar-refractivity contribution >= 4 is 22.5 Å². The van der Waals surface area contributed by atoms with Crippen molar-refractivity contribution < 1.29 is 9.47 Å². The van der Waals surface area contributed by atoms with Crippen molar-refractivity contribution in [2.45, 2.75) is 38.5 Å². The summed E-state index contributed by atoms with van der Waals surface area (Å²) in [4.78, 5) is 6.10. The molecule has 0 spiro atoms. The molecule has 0 saturated carbocycles. The number of aromatic nitrogens is 1. The van der Waals surface area contributed by atoms with Crippen LogP contribution in [0.25, 0.3) is 22.2 Å². The molecule has 0 amide bonds. The molecule has 5 heteroatoms. The number of methoxy groups -OCH3 is 2. The predicted octanol–water partition coefficient (Wildman–Crippen LogP) is 6.49. The Morgan fingerprint density at radius 3 is 2.50 bits per heavy atom. The van der Waals surface area contributed by atoms with Gasteiger partial charge in [0.05, 0.1) is 24.9 Å². The molecule has 160 valence electrons. The minimum Gasteiger partial charge on any atom is -0.493 e. The van der Waals surface area contributed by atoms with Gasteiger partial charge in [0.15, 0.2) is 11.5 Å². The Hall–Kier alpha value is -2.17. The smallest absolute Gasteiger partial charge is 0.161 e. The maximum atomic E-state index is 6.84. The Labute approximate surface area is 184 Å². The Kier molecular flexibility index (Phi) is 6.55. The number of nitrogens with zero attached hydrogens (tertiary/aromatic N) is 1. The quantitative estimate of drug-likeness (QED) is 0.469. The van der Waals surface area contributed by atoms with E-state index in [1.54, 1.807) is 14.2 Å². The number of nitrogens with one attached hydrogen (secondary N) is 1. The lowest BCUT2D eigenvalue weighted by Crippen LogP contribution is -2.33. The first-order valence-electron chi connectivity index (χ1n) is 10.9. The molecule has 0 aliphatic carbocycles. The van der Waals surface area contributed by atoms with Gasteiger partial charge in [0, 0.05) is 16.5 Å². The lowest BCUT2D eigenvalue weighted by molar-refractivity contribution is 0.210. The summed E-state index contributed by atoms with van der Waals surface area (Å²) in [5.74, 6) is 2.02. The average molecular weight is 427 g/mol. The second kappa shape index (κ2) is 9.32. The molecule has 4 nitrogen and oxygen atoms in total. The number of aromatic amines is 1. The van der Waals surface area contributed by atoms with E-state index in [1.807, 2.05) is 18.2 Å². The molecule has 0 radical (unpaired) electrons. The Balaban J connectivity index is 1.59. The number of likely N-dealkylation sites (tertiary alicyclic amines) is 1. The first kappa shape index (κ1) is 21.1. The van der Waals surface area contributed by atoms with Gasteiger partial charge in [-0.15, -0.1) is 0 Å². The van der Waals surface area contributed by atoms with Gasteiger partial charge < -0.3 is 19.4 Å². The number of fused-ring (bicyclic) bond motifs is 1. The summed E-state index contributed by atoms with van der Waals surface area (Å²) in [5.41, 5.74) is 4.37. The molecule has 0 atom stereocenters. The highest BCUT2D eigenvalue weighted by molar-refractivity contribution is 6.38. The highest BCUT2D eigenvalue weighted by Crippen LogP contribution is 2.40. The van der Waals surface area contributed by atoms with E-state index in [9.17, 15) is 0 Å². The zero-order chi connectivity index (χ0) is 21.1. The minimum absolute atomic E-state index is 0.614. The molecule has 1 aliphatic heterocycles. The molecule has 3 aromatic rings. The van der Waals surface area contributed by atoms with Crippen LogP contribution in [0.1, 0.15) is 44.1 Å². The normalized spacial score (nSPS) is 15.6. The topological polar surface area (TPSA) is 37.5 Å². The Morgan fingerprint density at radius 1 is 1.03 bits per heavy atom. The largest absolute Gasteiger partial charge is 0.493 e. The predicted molar refractivity (Wildman–Crippen MR) is 125 cm³/mol. The fraction of sp³-hybridized carbons (Fsp3) is 0.440. The van der Waals surface area contributed by atoms with Gasteiger partial charge in [0.2, 0.25) is 0 Å². The lowest BCUT2D eigenvalue weighted by Gasteiger charge is -2.32. The molecule has 0 unspecified atom stereocenters. The minimum atomic E-state index is 0.614. The van der Waals surface area contributed by atoms with Crippen LogP contribution in [0.3, 0.4) is 0 Å². The van der Waals surface area contributed by atoms with E-state index in [-0.39, 0.29) is 0 Å². The van der Waals surface area contributed by atoms with Crippen molar-refractivity contribution in [2.75, 3.05) is 33.9 Å². The molecule has 1 aliphatic rings. The molecule has 4 rings (SSSR count). The van der Waals surface area contributed by atoms with E-state index in [1.165, 1.54) is 50.9 Å². The third kappa shape index (κ3) is 4.17. The summed E-state index contributed by atoms with van der Waals surface area (Å²) in [7, 11) is 3.29. The van der Waals surface area contributed by atoms with E-state index in [0.717, 1.165) is 27.2 Å². The average Bonchev–Trinajstić information content (AvgIpc) is 3.13. The van der Waals surface area contributed by atoms with Crippen molar-refractivity contribution in [3.8, 4) is 22.8 Å². The van der Waals surface area contributed by atoms with Crippen molar-refractivity contribution in [2.24, 2.45) is 0 Å². The van der Waals surface area contributed by atoms with Gasteiger partial charge in [-0.25, -0.2) is 0 Å². The van der Waals surface area contributed by atoms with Crippen LogP contribution in [0.5, 0.6) is 11.5 Å². The number of unbranched alkanes of at least 4 members (excludes halogenated alkanes) is 1. The van der Waals surface area contributed by atoms with Crippen LogP contribution in [-0.2, 0) is 0 Å². The number of H-pyrrole nitrogens is 1. The van der Waals surface area contributed by atoms with E-state index >= 15 is 0 Å². The monoisotopic (exact) mass is 426 g/mol. The molecule has 1 saturated heterocycles. The summed E-state index contributed by atoms with van der Waals surface area (Å²) < 4.78 is 10.8. The van der Waals surface area contributed by atoms with E-state index in [0.29, 0.717) is 17.4 Å². The lowest BCUT2D eigenvalue weighted by atomic mass is 9.89.